The Bertz CT molecular complexity index is 337. The summed E-state index contributed by atoms with van der Waals surface area (Å²) in [5.41, 5.74) is -0.483. The second-order valence-electron chi connectivity index (χ2n) is 6.78. The molecule has 2 rings (SSSR count). The first-order chi connectivity index (χ1) is 9.94. The van der Waals surface area contributed by atoms with Crippen molar-refractivity contribution >= 4 is 6.09 Å². The summed E-state index contributed by atoms with van der Waals surface area (Å²) >= 11 is 0. The van der Waals surface area contributed by atoms with Crippen molar-refractivity contribution in [1.29, 1.82) is 0 Å². The van der Waals surface area contributed by atoms with Gasteiger partial charge in [0.05, 0.1) is 12.6 Å². The molecule has 0 bridgehead atoms. The lowest BCUT2D eigenvalue weighted by Gasteiger charge is -2.36. The highest BCUT2D eigenvalue weighted by atomic mass is 16.6. The van der Waals surface area contributed by atoms with Crippen LogP contribution in [0.15, 0.2) is 0 Å². The normalized spacial score (nSPS) is 28.1. The van der Waals surface area contributed by atoms with Crippen LogP contribution in [-0.2, 0) is 14.2 Å². The molecule has 0 aromatic heterocycles. The quantitative estimate of drug-likeness (QED) is 0.825. The van der Waals surface area contributed by atoms with Crippen LogP contribution < -0.4 is 10.6 Å². The number of nitrogens with one attached hydrogen (secondary N) is 2. The van der Waals surface area contributed by atoms with Gasteiger partial charge in [0, 0.05) is 31.9 Å². The molecule has 0 aromatic carbocycles. The monoisotopic (exact) mass is 300 g/mol. The van der Waals surface area contributed by atoms with Gasteiger partial charge in [-0.05, 0) is 40.0 Å². The largest absolute Gasteiger partial charge is 0.444 e. The second-order valence-corrected chi connectivity index (χ2v) is 6.78. The van der Waals surface area contributed by atoms with Crippen molar-refractivity contribution in [2.75, 3.05) is 26.4 Å². The smallest absolute Gasteiger partial charge is 0.408 e. The molecule has 0 spiro atoms. The van der Waals surface area contributed by atoms with Gasteiger partial charge in [0.1, 0.15) is 5.60 Å². The SMILES string of the molecule is CC(C)(C)OC(=O)N[C@H]1COCC[C@@H]1NC1CCOCC1. The molecule has 2 fully saturated rings. The molecule has 0 unspecified atom stereocenters. The summed E-state index contributed by atoms with van der Waals surface area (Å²) in [5.74, 6) is 0. The van der Waals surface area contributed by atoms with Crippen molar-refractivity contribution in [1.82, 2.24) is 10.6 Å². The summed E-state index contributed by atoms with van der Waals surface area (Å²) < 4.78 is 16.2. The van der Waals surface area contributed by atoms with Gasteiger partial charge in [-0.3, -0.25) is 0 Å². The van der Waals surface area contributed by atoms with Crippen molar-refractivity contribution in [3.63, 3.8) is 0 Å². The number of amides is 1. The molecule has 2 aliphatic heterocycles. The predicted molar refractivity (Wildman–Crippen MR) is 79.4 cm³/mol. The minimum Gasteiger partial charge on any atom is -0.444 e. The molecule has 0 aliphatic carbocycles. The van der Waals surface area contributed by atoms with Gasteiger partial charge in [-0.2, -0.15) is 0 Å². The third kappa shape index (κ3) is 5.80. The molecular weight excluding hydrogens is 272 g/mol. The van der Waals surface area contributed by atoms with Crippen LogP contribution in [0.1, 0.15) is 40.0 Å². The summed E-state index contributed by atoms with van der Waals surface area (Å²) in [6, 6.07) is 0.649. The van der Waals surface area contributed by atoms with Gasteiger partial charge in [-0.1, -0.05) is 0 Å². The van der Waals surface area contributed by atoms with Crippen molar-refractivity contribution in [3.05, 3.63) is 0 Å². The molecule has 122 valence electrons. The summed E-state index contributed by atoms with van der Waals surface area (Å²) in [6.07, 6.45) is 2.57. The molecule has 1 amide bonds. The fourth-order valence-corrected chi connectivity index (χ4v) is 2.71. The van der Waals surface area contributed by atoms with Gasteiger partial charge in [0.25, 0.3) is 0 Å². The van der Waals surface area contributed by atoms with Crippen LogP contribution >= 0.6 is 0 Å². The lowest BCUT2D eigenvalue weighted by atomic mass is 10.00. The Hall–Kier alpha value is -0.850. The number of carbonyl (C=O) groups excluding carboxylic acids is 1. The third-order valence-electron chi connectivity index (χ3n) is 3.73. The first-order valence-corrected chi connectivity index (χ1v) is 7.85. The topological polar surface area (TPSA) is 68.8 Å². The highest BCUT2D eigenvalue weighted by Crippen LogP contribution is 2.14. The van der Waals surface area contributed by atoms with Crippen LogP contribution in [0, 0.1) is 0 Å². The Morgan fingerprint density at radius 1 is 1.05 bits per heavy atom. The second kappa shape index (κ2) is 7.42. The maximum absolute atomic E-state index is 11.9. The summed E-state index contributed by atoms with van der Waals surface area (Å²) in [4.78, 5) is 11.9. The molecule has 6 heteroatoms. The van der Waals surface area contributed by atoms with E-state index >= 15 is 0 Å². The first kappa shape index (κ1) is 16.5. The van der Waals surface area contributed by atoms with Crippen molar-refractivity contribution < 1.29 is 19.0 Å². The zero-order valence-corrected chi connectivity index (χ0v) is 13.3. The third-order valence-corrected chi connectivity index (χ3v) is 3.73. The van der Waals surface area contributed by atoms with E-state index in [0.717, 1.165) is 39.1 Å². The van der Waals surface area contributed by atoms with Gasteiger partial charge in [-0.25, -0.2) is 4.79 Å². The van der Waals surface area contributed by atoms with Gasteiger partial charge in [0.15, 0.2) is 0 Å². The van der Waals surface area contributed by atoms with E-state index in [2.05, 4.69) is 10.6 Å². The van der Waals surface area contributed by atoms with Crippen molar-refractivity contribution in [2.45, 2.75) is 63.8 Å². The number of rotatable bonds is 3. The molecular formula is C15H28N2O4. The van der Waals surface area contributed by atoms with Crippen LogP contribution in [0.2, 0.25) is 0 Å². The highest BCUT2D eigenvalue weighted by Gasteiger charge is 2.30. The Kier molecular flexibility index (Phi) is 5.84. The van der Waals surface area contributed by atoms with Crippen LogP contribution in [-0.4, -0.2) is 56.2 Å². The summed E-state index contributed by atoms with van der Waals surface area (Å²) in [7, 11) is 0. The molecule has 21 heavy (non-hydrogen) atoms. The van der Waals surface area contributed by atoms with E-state index < -0.39 is 5.60 Å². The van der Waals surface area contributed by atoms with Gasteiger partial charge < -0.3 is 24.8 Å². The first-order valence-electron chi connectivity index (χ1n) is 7.85. The molecule has 0 aromatic rings. The Balaban J connectivity index is 1.84. The fourth-order valence-electron chi connectivity index (χ4n) is 2.71. The van der Waals surface area contributed by atoms with Crippen molar-refractivity contribution in [2.24, 2.45) is 0 Å². The van der Waals surface area contributed by atoms with E-state index in [0.29, 0.717) is 12.6 Å². The Morgan fingerprint density at radius 2 is 1.71 bits per heavy atom. The molecule has 2 atom stereocenters. The van der Waals surface area contributed by atoms with Gasteiger partial charge >= 0.3 is 6.09 Å². The molecule has 0 radical (unpaired) electrons. The number of hydrogen-bond acceptors (Lipinski definition) is 5. The van der Waals surface area contributed by atoms with Crippen molar-refractivity contribution in [3.8, 4) is 0 Å². The minimum absolute atomic E-state index is 0.0450. The standard InChI is InChI=1S/C15H28N2O4/c1-15(2,3)21-14(18)17-13-10-20-9-6-12(13)16-11-4-7-19-8-5-11/h11-13,16H,4-10H2,1-3H3,(H,17,18)/t12-,13-/m0/s1. The van der Waals surface area contributed by atoms with Crippen LogP contribution in [0.25, 0.3) is 0 Å². The molecule has 6 nitrogen and oxygen atoms in total. The van der Waals surface area contributed by atoms with E-state index in [1.807, 2.05) is 20.8 Å². The lowest BCUT2D eigenvalue weighted by molar-refractivity contribution is 0.0179. The predicted octanol–water partition coefficient (Wildman–Crippen LogP) is 1.44. The van der Waals surface area contributed by atoms with Crippen LogP contribution in [0.3, 0.4) is 0 Å². The zero-order valence-electron chi connectivity index (χ0n) is 13.3. The maximum Gasteiger partial charge on any atom is 0.408 e. The van der Waals surface area contributed by atoms with E-state index in [1.165, 1.54) is 0 Å². The Labute approximate surface area is 126 Å². The van der Waals surface area contributed by atoms with E-state index in [4.69, 9.17) is 14.2 Å². The van der Waals surface area contributed by atoms with Crippen LogP contribution in [0.4, 0.5) is 4.79 Å². The Morgan fingerprint density at radius 3 is 2.38 bits per heavy atom. The van der Waals surface area contributed by atoms with E-state index in [-0.39, 0.29) is 18.2 Å². The average molecular weight is 300 g/mol. The molecule has 2 N–H and O–H groups in total. The zero-order chi connectivity index (χ0) is 15.3. The summed E-state index contributed by atoms with van der Waals surface area (Å²) in [5, 5.41) is 6.58. The van der Waals surface area contributed by atoms with Crippen LogP contribution in [0.5, 0.6) is 0 Å². The highest BCUT2D eigenvalue weighted by molar-refractivity contribution is 5.68. The number of hydrogen-bond donors (Lipinski definition) is 2. The molecule has 2 aliphatic rings. The fraction of sp³-hybridized carbons (Fsp3) is 0.933. The minimum atomic E-state index is -0.483. The molecule has 0 saturated carbocycles. The average Bonchev–Trinajstić information content (AvgIpc) is 2.40. The summed E-state index contributed by atoms with van der Waals surface area (Å²) in [6.45, 7) is 8.47. The lowest BCUT2D eigenvalue weighted by Crippen LogP contribution is -2.58. The number of ether oxygens (including phenoxy) is 3. The van der Waals surface area contributed by atoms with Gasteiger partial charge in [0.2, 0.25) is 0 Å². The number of carbonyl (C=O) groups is 1. The molecule has 2 heterocycles. The number of alkyl carbamates (subject to hydrolysis) is 1. The molecule has 2 saturated heterocycles. The maximum atomic E-state index is 11.9. The van der Waals surface area contributed by atoms with Gasteiger partial charge in [-0.15, -0.1) is 0 Å². The van der Waals surface area contributed by atoms with E-state index in [1.54, 1.807) is 0 Å². The van der Waals surface area contributed by atoms with E-state index in [9.17, 15) is 4.79 Å².